The van der Waals surface area contributed by atoms with E-state index in [9.17, 15) is 22.4 Å². The standard InChI is InChI=1S/C18H10F4N6OS/c19-11-5-1-2-7-13(11)28-14(18(20,21)22)10(9-24-28)15(29)25-17-27-26-16(30-17)12-6-3-4-8-23-12/h1-9H,(H,25,27,29). The second-order valence-corrected chi connectivity index (χ2v) is 6.83. The molecule has 0 unspecified atom stereocenters. The van der Waals surface area contributed by atoms with E-state index >= 15 is 0 Å². The van der Waals surface area contributed by atoms with Crippen molar-refractivity contribution < 1.29 is 22.4 Å². The smallest absolute Gasteiger partial charge is 0.296 e. The van der Waals surface area contributed by atoms with Gasteiger partial charge in [-0.15, -0.1) is 10.2 Å². The first kappa shape index (κ1) is 19.6. The zero-order valence-corrected chi connectivity index (χ0v) is 15.6. The van der Waals surface area contributed by atoms with E-state index in [1.807, 2.05) is 0 Å². The molecule has 0 bridgehead atoms. The van der Waals surface area contributed by atoms with E-state index in [-0.39, 0.29) is 5.13 Å². The molecule has 3 aromatic heterocycles. The van der Waals surface area contributed by atoms with Crippen LogP contribution in [0.3, 0.4) is 0 Å². The van der Waals surface area contributed by atoms with Gasteiger partial charge in [0.2, 0.25) is 5.13 Å². The Labute approximate surface area is 170 Å². The molecule has 3 heterocycles. The number of anilines is 1. The molecular formula is C18H10F4N6OS. The van der Waals surface area contributed by atoms with Crippen molar-refractivity contribution in [2.24, 2.45) is 0 Å². The summed E-state index contributed by atoms with van der Waals surface area (Å²) >= 11 is 0.943. The molecule has 0 fully saturated rings. The number of hydrogen-bond donors (Lipinski definition) is 1. The van der Waals surface area contributed by atoms with E-state index in [0.717, 1.165) is 29.7 Å². The van der Waals surface area contributed by atoms with Crippen LogP contribution in [0.25, 0.3) is 16.4 Å². The highest BCUT2D eigenvalue weighted by Gasteiger charge is 2.41. The van der Waals surface area contributed by atoms with Crippen LogP contribution in [0.2, 0.25) is 0 Å². The SMILES string of the molecule is O=C(Nc1nnc(-c2ccccn2)s1)c1cnn(-c2ccccc2F)c1C(F)(F)F. The number of para-hydroxylation sites is 1. The number of carbonyl (C=O) groups is 1. The van der Waals surface area contributed by atoms with Gasteiger partial charge in [0.05, 0.1) is 11.8 Å². The Morgan fingerprint density at radius 3 is 2.53 bits per heavy atom. The number of amides is 1. The van der Waals surface area contributed by atoms with Gasteiger partial charge in [-0.3, -0.25) is 15.1 Å². The second kappa shape index (κ2) is 7.63. The number of nitrogens with one attached hydrogen (secondary N) is 1. The Morgan fingerprint density at radius 2 is 1.83 bits per heavy atom. The summed E-state index contributed by atoms with van der Waals surface area (Å²) in [6, 6.07) is 9.93. The third-order valence-electron chi connectivity index (χ3n) is 3.89. The van der Waals surface area contributed by atoms with Crippen molar-refractivity contribution in [2.45, 2.75) is 6.18 Å². The zero-order chi connectivity index (χ0) is 21.3. The first-order valence-electron chi connectivity index (χ1n) is 8.31. The van der Waals surface area contributed by atoms with E-state index in [1.54, 1.807) is 24.4 Å². The molecule has 1 N–H and O–H groups in total. The Morgan fingerprint density at radius 1 is 1.07 bits per heavy atom. The lowest BCUT2D eigenvalue weighted by molar-refractivity contribution is -0.143. The lowest BCUT2D eigenvalue weighted by Crippen LogP contribution is -2.21. The highest BCUT2D eigenvalue weighted by Crippen LogP contribution is 2.34. The van der Waals surface area contributed by atoms with Gasteiger partial charge in [0.25, 0.3) is 5.91 Å². The van der Waals surface area contributed by atoms with Gasteiger partial charge in [-0.2, -0.15) is 18.3 Å². The fourth-order valence-electron chi connectivity index (χ4n) is 2.62. The molecule has 0 saturated heterocycles. The van der Waals surface area contributed by atoms with Crippen LogP contribution >= 0.6 is 11.3 Å². The Balaban J connectivity index is 1.67. The maximum atomic E-state index is 14.0. The van der Waals surface area contributed by atoms with Gasteiger partial charge in [-0.1, -0.05) is 29.5 Å². The van der Waals surface area contributed by atoms with Crippen LogP contribution in [0.4, 0.5) is 22.7 Å². The van der Waals surface area contributed by atoms with E-state index < -0.39 is 34.8 Å². The first-order valence-corrected chi connectivity index (χ1v) is 9.12. The molecule has 7 nitrogen and oxygen atoms in total. The summed E-state index contributed by atoms with van der Waals surface area (Å²) in [6.45, 7) is 0. The molecule has 0 aliphatic heterocycles. The minimum atomic E-state index is -4.97. The molecule has 0 atom stereocenters. The van der Waals surface area contributed by atoms with Crippen LogP contribution in [0, 0.1) is 5.82 Å². The van der Waals surface area contributed by atoms with Crippen molar-refractivity contribution in [3.8, 4) is 16.4 Å². The molecule has 4 aromatic rings. The Bertz CT molecular complexity index is 1200. The van der Waals surface area contributed by atoms with Gasteiger partial charge >= 0.3 is 6.18 Å². The van der Waals surface area contributed by atoms with Crippen LogP contribution in [-0.4, -0.2) is 30.9 Å². The molecule has 4 rings (SSSR count). The number of alkyl halides is 3. The van der Waals surface area contributed by atoms with Crippen molar-refractivity contribution in [3.63, 3.8) is 0 Å². The number of rotatable bonds is 4. The van der Waals surface area contributed by atoms with Crippen LogP contribution in [0.5, 0.6) is 0 Å². The predicted octanol–water partition coefficient (Wildman–Crippen LogP) is 4.20. The van der Waals surface area contributed by atoms with Gasteiger partial charge in [0, 0.05) is 6.20 Å². The van der Waals surface area contributed by atoms with Gasteiger partial charge < -0.3 is 0 Å². The number of halogens is 4. The maximum Gasteiger partial charge on any atom is 0.434 e. The molecule has 0 spiro atoms. The quantitative estimate of drug-likeness (QED) is 0.487. The molecular weight excluding hydrogens is 424 g/mol. The highest BCUT2D eigenvalue weighted by atomic mass is 32.1. The number of carbonyl (C=O) groups excluding carboxylic acids is 1. The minimum absolute atomic E-state index is 0.0209. The molecule has 0 saturated carbocycles. The Kier molecular flexibility index (Phi) is 4.99. The first-order chi connectivity index (χ1) is 14.3. The molecule has 0 aliphatic carbocycles. The minimum Gasteiger partial charge on any atom is -0.296 e. The summed E-state index contributed by atoms with van der Waals surface area (Å²) in [5.74, 6) is -2.02. The number of pyridine rings is 1. The van der Waals surface area contributed by atoms with Crippen molar-refractivity contribution in [3.05, 3.63) is 71.9 Å². The summed E-state index contributed by atoms with van der Waals surface area (Å²) in [6.07, 6.45) is -2.70. The van der Waals surface area contributed by atoms with Crippen LogP contribution in [0.1, 0.15) is 16.1 Å². The van der Waals surface area contributed by atoms with E-state index in [2.05, 4.69) is 25.6 Å². The van der Waals surface area contributed by atoms with Gasteiger partial charge in [0.15, 0.2) is 10.7 Å². The molecule has 152 valence electrons. The monoisotopic (exact) mass is 434 g/mol. The van der Waals surface area contributed by atoms with E-state index in [4.69, 9.17) is 0 Å². The Hall–Kier alpha value is -3.67. The third kappa shape index (κ3) is 3.76. The summed E-state index contributed by atoms with van der Waals surface area (Å²) in [5.41, 5.74) is -2.11. The van der Waals surface area contributed by atoms with E-state index in [1.165, 1.54) is 12.1 Å². The lowest BCUT2D eigenvalue weighted by Gasteiger charge is -2.12. The molecule has 30 heavy (non-hydrogen) atoms. The van der Waals surface area contributed by atoms with Crippen molar-refractivity contribution >= 4 is 22.4 Å². The lowest BCUT2D eigenvalue weighted by atomic mass is 10.2. The molecule has 0 aliphatic rings. The van der Waals surface area contributed by atoms with Crippen molar-refractivity contribution in [1.82, 2.24) is 25.0 Å². The predicted molar refractivity (Wildman–Crippen MR) is 99.6 cm³/mol. The fraction of sp³-hybridized carbons (Fsp3) is 0.0556. The molecule has 12 heteroatoms. The van der Waals surface area contributed by atoms with Crippen LogP contribution in [0.15, 0.2) is 54.9 Å². The van der Waals surface area contributed by atoms with Crippen LogP contribution < -0.4 is 5.32 Å². The van der Waals surface area contributed by atoms with Crippen molar-refractivity contribution in [2.75, 3.05) is 5.32 Å². The number of benzene rings is 1. The molecule has 1 amide bonds. The summed E-state index contributed by atoms with van der Waals surface area (Å²) in [4.78, 5) is 16.6. The second-order valence-electron chi connectivity index (χ2n) is 5.85. The summed E-state index contributed by atoms with van der Waals surface area (Å²) in [5, 5.41) is 13.8. The van der Waals surface area contributed by atoms with Crippen molar-refractivity contribution in [1.29, 1.82) is 0 Å². The third-order valence-corrected chi connectivity index (χ3v) is 4.75. The maximum absolute atomic E-state index is 14.0. The normalized spacial score (nSPS) is 11.5. The van der Waals surface area contributed by atoms with Gasteiger partial charge in [-0.25, -0.2) is 9.07 Å². The average Bonchev–Trinajstić information content (AvgIpc) is 3.36. The molecule has 1 aromatic carbocycles. The highest BCUT2D eigenvalue weighted by molar-refractivity contribution is 7.18. The van der Waals surface area contributed by atoms with Gasteiger partial charge in [0.1, 0.15) is 17.2 Å². The number of nitrogens with zero attached hydrogens (tertiary/aromatic N) is 5. The zero-order valence-electron chi connectivity index (χ0n) is 14.8. The molecule has 0 radical (unpaired) electrons. The number of aromatic nitrogens is 5. The average molecular weight is 434 g/mol. The van der Waals surface area contributed by atoms with E-state index in [0.29, 0.717) is 15.4 Å². The fourth-order valence-corrected chi connectivity index (χ4v) is 3.34. The van der Waals surface area contributed by atoms with Gasteiger partial charge in [-0.05, 0) is 24.3 Å². The van der Waals surface area contributed by atoms with Crippen LogP contribution in [-0.2, 0) is 6.18 Å². The number of hydrogen-bond acceptors (Lipinski definition) is 6. The summed E-state index contributed by atoms with van der Waals surface area (Å²) < 4.78 is 55.4. The summed E-state index contributed by atoms with van der Waals surface area (Å²) in [7, 11) is 0. The topological polar surface area (TPSA) is 85.6 Å². The largest absolute Gasteiger partial charge is 0.434 e.